The monoisotopic (exact) mass is 384 g/mol. The topological polar surface area (TPSA) is 86.0 Å². The van der Waals surface area contributed by atoms with Crippen molar-refractivity contribution in [3.05, 3.63) is 85.6 Å². The highest BCUT2D eigenvalue weighted by molar-refractivity contribution is 6.30. The van der Waals surface area contributed by atoms with Gasteiger partial charge in [0.25, 0.3) is 5.56 Å². The average molecular weight is 385 g/mol. The molecular formula is C19H17ClN4O3. The van der Waals surface area contributed by atoms with Gasteiger partial charge in [0.1, 0.15) is 5.69 Å². The van der Waals surface area contributed by atoms with E-state index in [2.05, 4.69) is 10.4 Å². The Balaban J connectivity index is 2.09. The Bertz CT molecular complexity index is 1120. The van der Waals surface area contributed by atoms with Crippen molar-refractivity contribution in [2.24, 2.45) is 0 Å². The summed E-state index contributed by atoms with van der Waals surface area (Å²) in [5.74, 6) is -0.226. The quantitative estimate of drug-likeness (QED) is 0.748. The zero-order chi connectivity index (χ0) is 19.6. The van der Waals surface area contributed by atoms with Gasteiger partial charge in [0, 0.05) is 17.6 Å². The fourth-order valence-corrected chi connectivity index (χ4v) is 2.76. The molecule has 8 heteroatoms. The molecule has 0 bridgehead atoms. The Morgan fingerprint density at radius 3 is 2.52 bits per heavy atom. The summed E-state index contributed by atoms with van der Waals surface area (Å²) in [6.45, 7) is 3.05. The zero-order valence-corrected chi connectivity index (χ0v) is 15.5. The number of benzene rings is 2. The highest BCUT2D eigenvalue weighted by Crippen LogP contribution is 2.13. The number of hydrogen-bond donors (Lipinski definition) is 1. The summed E-state index contributed by atoms with van der Waals surface area (Å²) in [6.07, 6.45) is 0. The first-order valence-electron chi connectivity index (χ1n) is 8.18. The van der Waals surface area contributed by atoms with Crippen LogP contribution in [0.1, 0.15) is 18.2 Å². The number of anilines is 1. The van der Waals surface area contributed by atoms with Crippen LogP contribution in [0, 0.1) is 6.92 Å². The molecule has 0 aliphatic heterocycles. The number of carbonyl (C=O) groups excluding carboxylic acids is 1. The summed E-state index contributed by atoms with van der Waals surface area (Å²) < 4.78 is 2.27. The van der Waals surface area contributed by atoms with Gasteiger partial charge in [0.15, 0.2) is 0 Å². The Morgan fingerprint density at radius 1 is 1.15 bits per heavy atom. The van der Waals surface area contributed by atoms with E-state index >= 15 is 0 Å². The number of halogens is 1. The van der Waals surface area contributed by atoms with Gasteiger partial charge in [0.05, 0.1) is 12.2 Å². The molecule has 0 aliphatic carbocycles. The van der Waals surface area contributed by atoms with Crippen molar-refractivity contribution < 1.29 is 4.79 Å². The molecule has 0 unspecified atom stereocenters. The Morgan fingerprint density at radius 2 is 1.85 bits per heavy atom. The van der Waals surface area contributed by atoms with Gasteiger partial charge in [-0.05, 0) is 42.8 Å². The number of nitrogens with zero attached hydrogens (tertiary/aromatic N) is 3. The van der Waals surface area contributed by atoms with Crippen LogP contribution in [0.2, 0.25) is 5.02 Å². The Hall–Kier alpha value is -3.19. The fraction of sp³-hybridized carbons (Fsp3) is 0.158. The molecule has 1 heterocycles. The van der Waals surface area contributed by atoms with Gasteiger partial charge in [-0.15, -0.1) is 0 Å². The van der Waals surface area contributed by atoms with Crippen molar-refractivity contribution in [2.45, 2.75) is 20.4 Å². The van der Waals surface area contributed by atoms with Crippen LogP contribution < -0.4 is 16.6 Å². The number of nitrogens with one attached hydrogen (secondary N) is 1. The Labute approximate surface area is 159 Å². The third-order valence-electron chi connectivity index (χ3n) is 3.88. The predicted molar refractivity (Wildman–Crippen MR) is 104 cm³/mol. The normalized spacial score (nSPS) is 10.6. The molecule has 138 valence electrons. The predicted octanol–water partition coefficient (Wildman–Crippen LogP) is 2.36. The van der Waals surface area contributed by atoms with Crippen molar-refractivity contribution in [2.75, 3.05) is 5.32 Å². The lowest BCUT2D eigenvalue weighted by molar-refractivity contribution is -0.114. The molecule has 0 atom stereocenters. The van der Waals surface area contributed by atoms with E-state index in [9.17, 15) is 14.4 Å². The van der Waals surface area contributed by atoms with Crippen molar-refractivity contribution >= 4 is 23.2 Å². The lowest BCUT2D eigenvalue weighted by Gasteiger charge is -2.12. The van der Waals surface area contributed by atoms with Gasteiger partial charge < -0.3 is 5.32 Å². The Kier molecular flexibility index (Phi) is 5.23. The van der Waals surface area contributed by atoms with Gasteiger partial charge in [-0.3, -0.25) is 14.2 Å². The average Bonchev–Trinajstić information content (AvgIpc) is 2.63. The van der Waals surface area contributed by atoms with Crippen molar-refractivity contribution in [1.29, 1.82) is 0 Å². The summed E-state index contributed by atoms with van der Waals surface area (Å²) in [6, 6.07) is 13.6. The first-order chi connectivity index (χ1) is 12.8. The lowest BCUT2D eigenvalue weighted by Crippen LogP contribution is -2.42. The van der Waals surface area contributed by atoms with Crippen LogP contribution in [0.3, 0.4) is 0 Å². The molecule has 3 aromatic rings. The molecule has 0 radical (unpaired) electrons. The van der Waals surface area contributed by atoms with E-state index in [-0.39, 0.29) is 18.1 Å². The largest absolute Gasteiger partial charge is 0.352 e. The standard InChI is InChI=1S/C19H17ClN4O3/c1-12-18(26)23(11-14-6-8-15(20)9-7-14)19(27)24(22-12)17-5-3-4-16(10-17)21-13(2)25/h3-10H,11H2,1-2H3,(H,21,25). The third-order valence-corrected chi connectivity index (χ3v) is 4.13. The van der Waals surface area contributed by atoms with Crippen molar-refractivity contribution in [3.8, 4) is 5.69 Å². The van der Waals surface area contributed by atoms with Gasteiger partial charge in [-0.2, -0.15) is 9.78 Å². The minimum atomic E-state index is -0.569. The number of aryl methyl sites for hydroxylation is 1. The molecule has 3 rings (SSSR count). The molecule has 7 nitrogen and oxygen atoms in total. The van der Waals surface area contributed by atoms with E-state index in [1.165, 1.54) is 6.92 Å². The van der Waals surface area contributed by atoms with Crippen LogP contribution >= 0.6 is 11.6 Å². The van der Waals surface area contributed by atoms with Gasteiger partial charge in [-0.1, -0.05) is 29.8 Å². The van der Waals surface area contributed by atoms with Gasteiger partial charge in [0.2, 0.25) is 5.91 Å². The van der Waals surface area contributed by atoms with Crippen LogP contribution in [0.5, 0.6) is 0 Å². The fourth-order valence-electron chi connectivity index (χ4n) is 2.63. The van der Waals surface area contributed by atoms with Crippen molar-refractivity contribution in [1.82, 2.24) is 14.3 Å². The van der Waals surface area contributed by atoms with Gasteiger partial charge in [-0.25, -0.2) is 4.79 Å². The summed E-state index contributed by atoms with van der Waals surface area (Å²) >= 11 is 5.88. The SMILES string of the molecule is CC(=O)Nc1cccc(-n2nc(C)c(=O)n(Cc3ccc(Cl)cc3)c2=O)c1. The molecule has 27 heavy (non-hydrogen) atoms. The molecule has 0 saturated heterocycles. The minimum Gasteiger partial charge on any atom is -0.326 e. The van der Waals surface area contributed by atoms with Crippen LogP contribution in [-0.4, -0.2) is 20.3 Å². The number of aromatic nitrogens is 3. The van der Waals surface area contributed by atoms with Crippen LogP contribution in [0.25, 0.3) is 5.69 Å². The number of carbonyl (C=O) groups is 1. The van der Waals surface area contributed by atoms with E-state index in [0.717, 1.165) is 14.8 Å². The maximum atomic E-state index is 12.9. The summed E-state index contributed by atoms with van der Waals surface area (Å²) in [5.41, 5.74) is 0.905. The number of rotatable bonds is 4. The van der Waals surface area contributed by atoms with Crippen molar-refractivity contribution in [3.63, 3.8) is 0 Å². The van der Waals surface area contributed by atoms with E-state index in [0.29, 0.717) is 16.4 Å². The van der Waals surface area contributed by atoms with E-state index in [4.69, 9.17) is 11.6 Å². The first-order valence-corrected chi connectivity index (χ1v) is 8.56. The minimum absolute atomic E-state index is 0.101. The van der Waals surface area contributed by atoms with E-state index in [1.807, 2.05) is 0 Å². The molecule has 1 N–H and O–H groups in total. The maximum Gasteiger partial charge on any atom is 0.352 e. The first kappa shape index (κ1) is 18.6. The molecule has 0 aliphatic rings. The van der Waals surface area contributed by atoms with E-state index in [1.54, 1.807) is 55.5 Å². The van der Waals surface area contributed by atoms with E-state index < -0.39 is 11.2 Å². The summed E-state index contributed by atoms with van der Waals surface area (Å²) in [7, 11) is 0. The molecule has 0 fully saturated rings. The van der Waals surface area contributed by atoms with Crippen LogP contribution in [-0.2, 0) is 11.3 Å². The number of hydrogen-bond acceptors (Lipinski definition) is 4. The molecule has 1 amide bonds. The second-order valence-electron chi connectivity index (χ2n) is 6.03. The summed E-state index contributed by atoms with van der Waals surface area (Å²) in [5, 5.41) is 7.35. The highest BCUT2D eigenvalue weighted by atomic mass is 35.5. The van der Waals surface area contributed by atoms with Gasteiger partial charge >= 0.3 is 5.69 Å². The zero-order valence-electron chi connectivity index (χ0n) is 14.8. The van der Waals surface area contributed by atoms with Crippen LogP contribution in [0.15, 0.2) is 58.1 Å². The molecule has 1 aromatic heterocycles. The summed E-state index contributed by atoms with van der Waals surface area (Å²) in [4.78, 5) is 36.6. The smallest absolute Gasteiger partial charge is 0.326 e. The molecular weight excluding hydrogens is 368 g/mol. The molecule has 2 aromatic carbocycles. The second-order valence-corrected chi connectivity index (χ2v) is 6.47. The lowest BCUT2D eigenvalue weighted by atomic mass is 10.2. The third kappa shape index (κ3) is 4.15. The second kappa shape index (κ2) is 7.59. The maximum absolute atomic E-state index is 12.9. The molecule has 0 spiro atoms. The highest BCUT2D eigenvalue weighted by Gasteiger charge is 2.13. The molecule has 0 saturated carbocycles. The number of amides is 1. The van der Waals surface area contributed by atoms with Crippen LogP contribution in [0.4, 0.5) is 5.69 Å².